The van der Waals surface area contributed by atoms with Gasteiger partial charge in [-0.2, -0.15) is 0 Å². The summed E-state index contributed by atoms with van der Waals surface area (Å²) in [6.45, 7) is 7.93. The largest absolute Gasteiger partial charge is 0.392 e. The van der Waals surface area contributed by atoms with E-state index in [0.717, 1.165) is 13.1 Å². The third-order valence-electron chi connectivity index (χ3n) is 2.66. The van der Waals surface area contributed by atoms with Crippen LogP contribution in [0.15, 0.2) is 12.2 Å². The van der Waals surface area contributed by atoms with Gasteiger partial charge in [-0.05, 0) is 20.8 Å². The summed E-state index contributed by atoms with van der Waals surface area (Å²) >= 11 is 0. The number of aliphatic hydroxyl groups is 1. The Morgan fingerprint density at radius 3 is 2.18 bits per heavy atom. The molecule has 0 amide bonds. The Morgan fingerprint density at radius 2 is 1.82 bits per heavy atom. The van der Waals surface area contributed by atoms with Crippen molar-refractivity contribution in [2.45, 2.75) is 32.4 Å². The van der Waals surface area contributed by atoms with Crippen molar-refractivity contribution in [1.29, 1.82) is 0 Å². The summed E-state index contributed by atoms with van der Waals surface area (Å²) < 4.78 is 0. The predicted octanol–water partition coefficient (Wildman–Crippen LogP) is 1.02. The lowest BCUT2D eigenvalue weighted by Crippen LogP contribution is -2.50. The Balaban J connectivity index is 2.57. The molecule has 0 bridgehead atoms. The van der Waals surface area contributed by atoms with Gasteiger partial charge < -0.3 is 5.11 Å². The maximum atomic E-state index is 9.47. The van der Waals surface area contributed by atoms with Crippen LogP contribution in [-0.2, 0) is 0 Å². The van der Waals surface area contributed by atoms with Crippen LogP contribution in [0.3, 0.4) is 0 Å². The Kier molecular flexibility index (Phi) is 2.35. The second kappa shape index (κ2) is 2.95. The molecule has 0 saturated heterocycles. The monoisotopic (exact) mass is 155 g/mol. The lowest BCUT2D eigenvalue weighted by Gasteiger charge is -2.37. The standard InChI is InChI=1S/C9H17NO/c1-8(11)9(2,3)10-6-4-5-7-10/h4-5,8,11H,6-7H2,1-3H3. The van der Waals surface area contributed by atoms with Crippen LogP contribution >= 0.6 is 0 Å². The number of aliphatic hydroxyl groups excluding tert-OH is 1. The predicted molar refractivity (Wildman–Crippen MR) is 46.5 cm³/mol. The normalized spacial score (nSPS) is 22.5. The SMILES string of the molecule is CC(O)C(C)(C)N1CC=CC1. The zero-order valence-electron chi connectivity index (χ0n) is 7.54. The average Bonchev–Trinajstić information content (AvgIpc) is 2.37. The highest BCUT2D eigenvalue weighted by molar-refractivity contribution is 5.02. The second-order valence-electron chi connectivity index (χ2n) is 3.71. The van der Waals surface area contributed by atoms with Crippen molar-refractivity contribution in [3.63, 3.8) is 0 Å². The first-order valence-electron chi connectivity index (χ1n) is 4.13. The fourth-order valence-electron chi connectivity index (χ4n) is 1.21. The smallest absolute Gasteiger partial charge is 0.0690 e. The maximum Gasteiger partial charge on any atom is 0.0690 e. The van der Waals surface area contributed by atoms with Gasteiger partial charge in [-0.3, -0.25) is 4.90 Å². The van der Waals surface area contributed by atoms with E-state index in [1.54, 1.807) is 0 Å². The molecule has 1 aliphatic heterocycles. The zero-order chi connectivity index (χ0) is 8.48. The highest BCUT2D eigenvalue weighted by Crippen LogP contribution is 2.20. The van der Waals surface area contributed by atoms with Crippen molar-refractivity contribution >= 4 is 0 Å². The topological polar surface area (TPSA) is 23.5 Å². The van der Waals surface area contributed by atoms with Crippen molar-refractivity contribution in [3.8, 4) is 0 Å². The van der Waals surface area contributed by atoms with Crippen molar-refractivity contribution in [3.05, 3.63) is 12.2 Å². The van der Waals surface area contributed by atoms with Gasteiger partial charge in [0.25, 0.3) is 0 Å². The van der Waals surface area contributed by atoms with Crippen molar-refractivity contribution in [2.24, 2.45) is 0 Å². The van der Waals surface area contributed by atoms with Gasteiger partial charge in [-0.1, -0.05) is 12.2 Å². The van der Waals surface area contributed by atoms with E-state index in [1.807, 2.05) is 6.92 Å². The number of hydrogen-bond donors (Lipinski definition) is 1. The molecule has 1 N–H and O–H groups in total. The molecule has 2 heteroatoms. The van der Waals surface area contributed by atoms with Gasteiger partial charge in [0.2, 0.25) is 0 Å². The van der Waals surface area contributed by atoms with Crippen molar-refractivity contribution in [2.75, 3.05) is 13.1 Å². The molecule has 0 radical (unpaired) electrons. The molecule has 1 rings (SSSR count). The van der Waals surface area contributed by atoms with Gasteiger partial charge in [-0.25, -0.2) is 0 Å². The molecule has 1 unspecified atom stereocenters. The maximum absolute atomic E-state index is 9.47. The lowest BCUT2D eigenvalue weighted by atomic mass is 9.97. The van der Waals surface area contributed by atoms with E-state index in [4.69, 9.17) is 0 Å². The molecule has 0 aromatic heterocycles. The van der Waals surface area contributed by atoms with Crippen LogP contribution in [0, 0.1) is 0 Å². The summed E-state index contributed by atoms with van der Waals surface area (Å²) in [5.74, 6) is 0. The summed E-state index contributed by atoms with van der Waals surface area (Å²) in [4.78, 5) is 2.26. The molecule has 1 heterocycles. The van der Waals surface area contributed by atoms with Crippen LogP contribution in [0.1, 0.15) is 20.8 Å². The summed E-state index contributed by atoms with van der Waals surface area (Å²) in [7, 11) is 0. The van der Waals surface area contributed by atoms with E-state index in [2.05, 4.69) is 30.9 Å². The quantitative estimate of drug-likeness (QED) is 0.602. The van der Waals surface area contributed by atoms with Crippen LogP contribution in [0.5, 0.6) is 0 Å². The molecule has 11 heavy (non-hydrogen) atoms. The Morgan fingerprint density at radius 1 is 1.36 bits per heavy atom. The van der Waals surface area contributed by atoms with Crippen molar-refractivity contribution < 1.29 is 5.11 Å². The average molecular weight is 155 g/mol. The molecule has 0 saturated carbocycles. The first kappa shape index (κ1) is 8.75. The zero-order valence-corrected chi connectivity index (χ0v) is 7.54. The summed E-state index contributed by atoms with van der Waals surface area (Å²) in [5, 5.41) is 9.47. The van der Waals surface area contributed by atoms with Crippen LogP contribution in [0.2, 0.25) is 0 Å². The molecule has 1 aliphatic rings. The molecular formula is C9H17NO. The third-order valence-corrected chi connectivity index (χ3v) is 2.66. The van der Waals surface area contributed by atoms with Gasteiger partial charge >= 0.3 is 0 Å². The Labute approximate surface area is 68.5 Å². The Hall–Kier alpha value is -0.340. The number of rotatable bonds is 2. The first-order chi connectivity index (χ1) is 5.05. The van der Waals surface area contributed by atoms with Crippen LogP contribution in [-0.4, -0.2) is 34.7 Å². The number of nitrogens with zero attached hydrogens (tertiary/aromatic N) is 1. The lowest BCUT2D eigenvalue weighted by molar-refractivity contribution is 0.0176. The molecule has 0 fully saturated rings. The summed E-state index contributed by atoms with van der Waals surface area (Å²) in [6.07, 6.45) is 4.01. The van der Waals surface area contributed by atoms with E-state index in [0.29, 0.717) is 0 Å². The number of hydrogen-bond acceptors (Lipinski definition) is 2. The van der Waals surface area contributed by atoms with Gasteiger partial charge in [0.1, 0.15) is 0 Å². The molecule has 0 spiro atoms. The molecule has 64 valence electrons. The first-order valence-corrected chi connectivity index (χ1v) is 4.13. The molecular weight excluding hydrogens is 138 g/mol. The summed E-state index contributed by atoms with van der Waals surface area (Å²) in [6, 6.07) is 0. The van der Waals surface area contributed by atoms with E-state index in [9.17, 15) is 5.11 Å². The van der Waals surface area contributed by atoms with E-state index < -0.39 is 0 Å². The minimum Gasteiger partial charge on any atom is -0.392 e. The van der Waals surface area contributed by atoms with Gasteiger partial charge in [0.05, 0.1) is 6.10 Å². The fourth-order valence-corrected chi connectivity index (χ4v) is 1.21. The minimum atomic E-state index is -0.276. The highest BCUT2D eigenvalue weighted by Gasteiger charge is 2.31. The molecule has 1 atom stereocenters. The highest BCUT2D eigenvalue weighted by atomic mass is 16.3. The molecule has 0 aromatic rings. The van der Waals surface area contributed by atoms with E-state index in [1.165, 1.54) is 0 Å². The van der Waals surface area contributed by atoms with Crippen LogP contribution in [0.4, 0.5) is 0 Å². The minimum absolute atomic E-state index is 0.0937. The van der Waals surface area contributed by atoms with Crippen LogP contribution < -0.4 is 0 Å². The van der Waals surface area contributed by atoms with Crippen LogP contribution in [0.25, 0.3) is 0 Å². The van der Waals surface area contributed by atoms with E-state index >= 15 is 0 Å². The molecule has 2 nitrogen and oxygen atoms in total. The summed E-state index contributed by atoms with van der Waals surface area (Å²) in [5.41, 5.74) is -0.0937. The third kappa shape index (κ3) is 1.63. The Bertz CT molecular complexity index is 153. The molecule has 0 aliphatic carbocycles. The fraction of sp³-hybridized carbons (Fsp3) is 0.778. The van der Waals surface area contributed by atoms with E-state index in [-0.39, 0.29) is 11.6 Å². The van der Waals surface area contributed by atoms with Crippen molar-refractivity contribution in [1.82, 2.24) is 4.90 Å². The van der Waals surface area contributed by atoms with Gasteiger partial charge in [0, 0.05) is 18.6 Å². The van der Waals surface area contributed by atoms with Gasteiger partial charge in [-0.15, -0.1) is 0 Å². The second-order valence-corrected chi connectivity index (χ2v) is 3.71. The molecule has 0 aromatic carbocycles. The van der Waals surface area contributed by atoms with Gasteiger partial charge in [0.15, 0.2) is 0 Å².